The Bertz CT molecular complexity index is 719. The van der Waals surface area contributed by atoms with Gasteiger partial charge in [-0.25, -0.2) is 0 Å². The van der Waals surface area contributed by atoms with E-state index in [9.17, 15) is 4.79 Å². The topological polar surface area (TPSA) is 64.2 Å². The van der Waals surface area contributed by atoms with Crippen LogP contribution in [0.2, 0.25) is 5.02 Å². The molecule has 1 atom stereocenters. The van der Waals surface area contributed by atoms with Gasteiger partial charge in [0.2, 0.25) is 0 Å². The van der Waals surface area contributed by atoms with Crippen LogP contribution in [0.15, 0.2) is 42.5 Å². The molecule has 5 nitrogen and oxygen atoms in total. The van der Waals surface area contributed by atoms with Crippen LogP contribution in [0.1, 0.15) is 24.1 Å². The molecule has 0 aliphatic carbocycles. The van der Waals surface area contributed by atoms with Crippen molar-refractivity contribution in [3.05, 3.63) is 58.6 Å². The second-order valence-corrected chi connectivity index (χ2v) is 6.51. The first-order valence-corrected chi connectivity index (χ1v) is 8.97. The second-order valence-electron chi connectivity index (χ2n) is 6.07. The monoisotopic (exact) mass is 377 g/mol. The molecule has 0 spiro atoms. The Hall–Kier alpha value is -2.24. The van der Waals surface area contributed by atoms with Gasteiger partial charge in [-0.1, -0.05) is 29.8 Å². The third-order valence-electron chi connectivity index (χ3n) is 4.24. The number of hydrogen-bond acceptors (Lipinski definition) is 3. The second kappa shape index (κ2) is 10.0. The molecule has 26 heavy (non-hydrogen) atoms. The van der Waals surface area contributed by atoms with E-state index in [1.807, 2.05) is 47.8 Å². The SMILES string of the molecule is COc1ccc(CCNC(=O)C[NH2+][C@H](C)c2ccc(Cl)cc2)cc1OC. The number of methoxy groups -OCH3 is 2. The molecule has 0 bridgehead atoms. The van der Waals surface area contributed by atoms with Gasteiger partial charge >= 0.3 is 0 Å². The van der Waals surface area contributed by atoms with Crippen LogP contribution >= 0.6 is 11.6 Å². The lowest BCUT2D eigenvalue weighted by molar-refractivity contribution is -0.682. The number of nitrogens with one attached hydrogen (secondary N) is 1. The fourth-order valence-corrected chi connectivity index (χ4v) is 2.77. The molecule has 1 amide bonds. The Kier molecular flexibility index (Phi) is 7.75. The van der Waals surface area contributed by atoms with Gasteiger partial charge in [0.05, 0.1) is 14.2 Å². The summed E-state index contributed by atoms with van der Waals surface area (Å²) in [7, 11) is 3.22. The summed E-state index contributed by atoms with van der Waals surface area (Å²) in [6.07, 6.45) is 0.735. The van der Waals surface area contributed by atoms with Gasteiger partial charge in [-0.15, -0.1) is 0 Å². The summed E-state index contributed by atoms with van der Waals surface area (Å²) in [5.41, 5.74) is 2.23. The Balaban J connectivity index is 1.74. The number of carbonyl (C=O) groups is 1. The fraction of sp³-hybridized carbons (Fsp3) is 0.350. The van der Waals surface area contributed by atoms with Gasteiger partial charge in [-0.3, -0.25) is 4.79 Å². The van der Waals surface area contributed by atoms with E-state index in [4.69, 9.17) is 21.1 Å². The summed E-state index contributed by atoms with van der Waals surface area (Å²) in [5, 5.41) is 5.68. The number of rotatable bonds is 9. The molecule has 6 heteroatoms. The van der Waals surface area contributed by atoms with Gasteiger partial charge in [0.1, 0.15) is 6.04 Å². The number of benzene rings is 2. The van der Waals surface area contributed by atoms with Gasteiger partial charge < -0.3 is 20.1 Å². The minimum Gasteiger partial charge on any atom is -0.493 e. The average molecular weight is 378 g/mol. The third kappa shape index (κ3) is 5.93. The lowest BCUT2D eigenvalue weighted by Crippen LogP contribution is -2.87. The van der Waals surface area contributed by atoms with Crippen LogP contribution in [-0.4, -0.2) is 33.2 Å². The summed E-state index contributed by atoms with van der Waals surface area (Å²) in [4.78, 5) is 12.0. The first kappa shape index (κ1) is 20.1. The van der Waals surface area contributed by atoms with E-state index in [1.54, 1.807) is 14.2 Å². The van der Waals surface area contributed by atoms with Gasteiger partial charge in [-0.2, -0.15) is 0 Å². The summed E-state index contributed by atoms with van der Waals surface area (Å²) >= 11 is 5.90. The highest BCUT2D eigenvalue weighted by atomic mass is 35.5. The molecule has 2 aromatic carbocycles. The molecule has 0 radical (unpaired) electrons. The number of ether oxygens (including phenoxy) is 2. The summed E-state index contributed by atoms with van der Waals surface area (Å²) < 4.78 is 10.5. The number of hydrogen-bond donors (Lipinski definition) is 2. The van der Waals surface area contributed by atoms with E-state index in [0.717, 1.165) is 17.5 Å². The van der Waals surface area contributed by atoms with Gasteiger partial charge in [-0.05, 0) is 43.2 Å². The van der Waals surface area contributed by atoms with Crippen molar-refractivity contribution < 1.29 is 19.6 Å². The Labute approximate surface area is 159 Å². The van der Waals surface area contributed by atoms with Crippen LogP contribution in [0.5, 0.6) is 11.5 Å². The number of quaternary nitrogens is 1. The van der Waals surface area contributed by atoms with E-state index in [2.05, 4.69) is 12.2 Å². The van der Waals surface area contributed by atoms with E-state index < -0.39 is 0 Å². The zero-order valence-corrected chi connectivity index (χ0v) is 16.2. The zero-order valence-electron chi connectivity index (χ0n) is 15.4. The van der Waals surface area contributed by atoms with Gasteiger partial charge in [0, 0.05) is 17.1 Å². The molecule has 0 aromatic heterocycles. The van der Waals surface area contributed by atoms with Crippen molar-refractivity contribution in [3.8, 4) is 11.5 Å². The molecule has 0 saturated carbocycles. The van der Waals surface area contributed by atoms with Crippen molar-refractivity contribution in [2.24, 2.45) is 0 Å². The summed E-state index contributed by atoms with van der Waals surface area (Å²) in [5.74, 6) is 1.42. The quantitative estimate of drug-likeness (QED) is 0.705. The van der Waals surface area contributed by atoms with E-state index in [0.29, 0.717) is 29.6 Å². The first-order chi connectivity index (χ1) is 12.5. The predicted octanol–water partition coefficient (Wildman–Crippen LogP) is 2.34. The van der Waals surface area contributed by atoms with Crippen LogP contribution in [-0.2, 0) is 11.2 Å². The number of carbonyl (C=O) groups excluding carboxylic acids is 1. The van der Waals surface area contributed by atoms with Crippen LogP contribution in [0.25, 0.3) is 0 Å². The van der Waals surface area contributed by atoms with Gasteiger partial charge in [0.25, 0.3) is 5.91 Å². The van der Waals surface area contributed by atoms with Crippen LogP contribution in [0.3, 0.4) is 0 Å². The molecule has 0 fully saturated rings. The molecule has 2 rings (SSSR count). The fourth-order valence-electron chi connectivity index (χ4n) is 2.64. The van der Waals surface area contributed by atoms with E-state index >= 15 is 0 Å². The predicted molar refractivity (Wildman–Crippen MR) is 103 cm³/mol. The standard InChI is InChI=1S/C20H25ClN2O3/c1-14(16-5-7-17(21)8-6-16)23-13-20(24)22-11-10-15-4-9-18(25-2)19(12-15)26-3/h4-9,12,14,23H,10-11,13H2,1-3H3,(H,22,24)/p+1/t14-/m1/s1. The summed E-state index contributed by atoms with van der Waals surface area (Å²) in [6, 6.07) is 13.7. The van der Waals surface area contributed by atoms with E-state index in [-0.39, 0.29) is 11.9 Å². The number of amides is 1. The maximum absolute atomic E-state index is 12.0. The Morgan fingerprint density at radius 1 is 1.12 bits per heavy atom. The smallest absolute Gasteiger partial charge is 0.275 e. The van der Waals surface area contributed by atoms with Crippen LogP contribution in [0.4, 0.5) is 0 Å². The number of halogens is 1. The minimum atomic E-state index is 0.0197. The largest absolute Gasteiger partial charge is 0.493 e. The molecule has 140 valence electrons. The highest BCUT2D eigenvalue weighted by Crippen LogP contribution is 2.27. The lowest BCUT2D eigenvalue weighted by atomic mass is 10.1. The van der Waals surface area contributed by atoms with Crippen molar-refractivity contribution >= 4 is 17.5 Å². The van der Waals surface area contributed by atoms with Crippen molar-refractivity contribution in [1.82, 2.24) is 5.32 Å². The molecule has 0 aliphatic rings. The molecule has 0 heterocycles. The molecule has 0 aliphatic heterocycles. The van der Waals surface area contributed by atoms with Crippen molar-refractivity contribution in [2.45, 2.75) is 19.4 Å². The average Bonchev–Trinajstić information content (AvgIpc) is 2.66. The lowest BCUT2D eigenvalue weighted by Gasteiger charge is -2.12. The highest BCUT2D eigenvalue weighted by Gasteiger charge is 2.11. The molecule has 0 unspecified atom stereocenters. The highest BCUT2D eigenvalue weighted by molar-refractivity contribution is 6.30. The number of nitrogens with two attached hydrogens (primary N) is 1. The minimum absolute atomic E-state index is 0.0197. The maximum Gasteiger partial charge on any atom is 0.275 e. The Morgan fingerprint density at radius 2 is 1.81 bits per heavy atom. The summed E-state index contributed by atoms with van der Waals surface area (Å²) in [6.45, 7) is 3.04. The van der Waals surface area contributed by atoms with Crippen molar-refractivity contribution in [3.63, 3.8) is 0 Å². The van der Waals surface area contributed by atoms with Crippen LogP contribution < -0.4 is 20.1 Å². The molecule has 3 N–H and O–H groups in total. The molecular formula is C20H26ClN2O3+. The van der Waals surface area contributed by atoms with E-state index in [1.165, 1.54) is 0 Å². The third-order valence-corrected chi connectivity index (χ3v) is 4.49. The molecule has 0 saturated heterocycles. The first-order valence-electron chi connectivity index (χ1n) is 8.60. The van der Waals surface area contributed by atoms with Crippen molar-refractivity contribution in [1.29, 1.82) is 0 Å². The molecular weight excluding hydrogens is 352 g/mol. The van der Waals surface area contributed by atoms with Crippen LogP contribution in [0, 0.1) is 0 Å². The van der Waals surface area contributed by atoms with Crippen molar-refractivity contribution in [2.75, 3.05) is 27.3 Å². The Morgan fingerprint density at radius 3 is 2.46 bits per heavy atom. The molecule has 2 aromatic rings. The maximum atomic E-state index is 12.0. The normalized spacial score (nSPS) is 11.7. The zero-order chi connectivity index (χ0) is 18.9. The van der Waals surface area contributed by atoms with Gasteiger partial charge in [0.15, 0.2) is 18.0 Å².